The molecule has 0 aromatic heterocycles. The summed E-state index contributed by atoms with van der Waals surface area (Å²) in [6.07, 6.45) is 8.69. The third kappa shape index (κ3) is 5.68. The summed E-state index contributed by atoms with van der Waals surface area (Å²) in [5.41, 5.74) is 0. The van der Waals surface area contributed by atoms with Crippen LogP contribution in [0.5, 0.6) is 0 Å². The van der Waals surface area contributed by atoms with Crippen LogP contribution in [0.3, 0.4) is 0 Å². The lowest BCUT2D eigenvalue weighted by molar-refractivity contribution is -0.143. The lowest BCUT2D eigenvalue weighted by Gasteiger charge is -2.47. The van der Waals surface area contributed by atoms with Gasteiger partial charge in [0.25, 0.3) is 0 Å². The zero-order chi connectivity index (χ0) is 19.2. The van der Waals surface area contributed by atoms with Crippen LogP contribution < -0.4 is 0 Å². The Morgan fingerprint density at radius 2 is 1.67 bits per heavy atom. The Kier molecular flexibility index (Phi) is 7.97. The summed E-state index contributed by atoms with van der Waals surface area (Å²) in [4.78, 5) is 20.0. The molecule has 3 fully saturated rings. The summed E-state index contributed by atoms with van der Waals surface area (Å²) in [5.74, 6) is 0.701. The second-order valence-electron chi connectivity index (χ2n) is 9.09. The van der Waals surface area contributed by atoms with Crippen LogP contribution in [-0.2, 0) is 9.53 Å². The maximum atomic E-state index is 12.8. The van der Waals surface area contributed by atoms with E-state index in [1.807, 2.05) is 0 Å². The summed E-state index contributed by atoms with van der Waals surface area (Å²) >= 11 is 0. The van der Waals surface area contributed by atoms with Gasteiger partial charge in [-0.3, -0.25) is 9.69 Å². The number of unbranched alkanes of at least 4 members (excludes halogenated alkanes) is 2. The van der Waals surface area contributed by atoms with Gasteiger partial charge in [-0.2, -0.15) is 0 Å². The van der Waals surface area contributed by atoms with Gasteiger partial charge >= 0.3 is 0 Å². The highest BCUT2D eigenvalue weighted by molar-refractivity contribution is 5.80. The van der Waals surface area contributed by atoms with E-state index >= 15 is 0 Å². The van der Waals surface area contributed by atoms with Crippen molar-refractivity contribution in [2.75, 3.05) is 45.9 Å². The van der Waals surface area contributed by atoms with Crippen LogP contribution in [0, 0.1) is 5.92 Å². The number of carbonyl (C=O) groups is 1. The Balaban J connectivity index is 1.30. The first kappa shape index (κ1) is 21.1. The predicted octanol–water partition coefficient (Wildman–Crippen LogP) is 2.99. The maximum absolute atomic E-state index is 12.8. The minimum absolute atomic E-state index is 0.281. The number of rotatable bonds is 8. The molecule has 156 valence electrons. The number of hydrogen-bond acceptors (Lipinski definition) is 4. The number of piperidine rings is 1. The van der Waals surface area contributed by atoms with E-state index < -0.39 is 0 Å². The molecule has 0 atom stereocenters. The molecule has 2 heterocycles. The lowest BCUT2D eigenvalue weighted by Crippen LogP contribution is -2.56. The minimum Gasteiger partial charge on any atom is -0.378 e. The number of carbonyl (C=O) groups excluding carboxylic acids is 1. The predicted molar refractivity (Wildman–Crippen MR) is 110 cm³/mol. The average molecular weight is 380 g/mol. The molecule has 0 aromatic rings. The van der Waals surface area contributed by atoms with E-state index in [4.69, 9.17) is 4.74 Å². The van der Waals surface area contributed by atoms with Crippen molar-refractivity contribution in [1.82, 2.24) is 14.7 Å². The van der Waals surface area contributed by atoms with Gasteiger partial charge in [0.05, 0.1) is 6.10 Å². The van der Waals surface area contributed by atoms with E-state index in [9.17, 15) is 4.79 Å². The topological polar surface area (TPSA) is 36.0 Å². The summed E-state index contributed by atoms with van der Waals surface area (Å²) in [5, 5.41) is 0. The Labute approximate surface area is 166 Å². The molecule has 5 heteroatoms. The molecule has 0 aromatic carbocycles. The fraction of sp³-hybridized carbons (Fsp3) is 0.955. The van der Waals surface area contributed by atoms with Gasteiger partial charge in [-0.05, 0) is 46.0 Å². The second kappa shape index (κ2) is 10.2. The highest BCUT2D eigenvalue weighted by Gasteiger charge is 2.41. The van der Waals surface area contributed by atoms with Gasteiger partial charge in [0.2, 0.25) is 5.91 Å². The number of amides is 1. The third-order valence-corrected chi connectivity index (χ3v) is 6.91. The first-order valence-corrected chi connectivity index (χ1v) is 11.5. The van der Waals surface area contributed by atoms with Crippen molar-refractivity contribution in [2.45, 2.75) is 83.9 Å². The molecular weight excluding hydrogens is 338 g/mol. The highest BCUT2D eigenvalue weighted by Crippen LogP contribution is 2.35. The molecule has 2 saturated heterocycles. The van der Waals surface area contributed by atoms with E-state index in [-0.39, 0.29) is 5.92 Å². The molecule has 1 saturated carbocycles. The van der Waals surface area contributed by atoms with Gasteiger partial charge < -0.3 is 14.5 Å². The number of likely N-dealkylation sites (tertiary alicyclic amines) is 1. The van der Waals surface area contributed by atoms with Crippen LogP contribution in [0.4, 0.5) is 0 Å². The van der Waals surface area contributed by atoms with Crippen LogP contribution in [-0.4, -0.2) is 84.7 Å². The Morgan fingerprint density at radius 3 is 2.26 bits per heavy atom. The highest BCUT2D eigenvalue weighted by atomic mass is 16.5. The summed E-state index contributed by atoms with van der Waals surface area (Å²) in [6.45, 7) is 13.9. The molecule has 1 amide bonds. The average Bonchev–Trinajstić information content (AvgIpc) is 2.65. The van der Waals surface area contributed by atoms with Crippen molar-refractivity contribution in [3.05, 3.63) is 0 Å². The molecule has 0 N–H and O–H groups in total. The molecule has 0 spiro atoms. The quantitative estimate of drug-likeness (QED) is 0.608. The van der Waals surface area contributed by atoms with Gasteiger partial charge in [-0.1, -0.05) is 19.8 Å². The lowest BCUT2D eigenvalue weighted by atomic mass is 9.77. The van der Waals surface area contributed by atoms with Gasteiger partial charge in [0, 0.05) is 63.9 Å². The SMILES string of the molecule is CCCCCOC1CCN(C2CC(C(=O)N3CCN(C(C)C)CC3)C2)CC1. The zero-order valence-corrected chi connectivity index (χ0v) is 17.9. The summed E-state index contributed by atoms with van der Waals surface area (Å²) in [6, 6.07) is 1.23. The van der Waals surface area contributed by atoms with Crippen LogP contribution in [0.1, 0.15) is 65.7 Å². The molecular formula is C22H41N3O2. The van der Waals surface area contributed by atoms with Crippen molar-refractivity contribution in [3.63, 3.8) is 0 Å². The Hall–Kier alpha value is -0.650. The molecule has 3 rings (SSSR count). The van der Waals surface area contributed by atoms with E-state index in [0.29, 0.717) is 24.1 Å². The van der Waals surface area contributed by atoms with E-state index in [2.05, 4.69) is 35.5 Å². The molecule has 1 aliphatic carbocycles. The molecule has 5 nitrogen and oxygen atoms in total. The van der Waals surface area contributed by atoms with Crippen LogP contribution in [0.25, 0.3) is 0 Å². The first-order valence-electron chi connectivity index (χ1n) is 11.5. The number of hydrogen-bond donors (Lipinski definition) is 0. The summed E-state index contributed by atoms with van der Waals surface area (Å²) in [7, 11) is 0. The van der Waals surface area contributed by atoms with Crippen LogP contribution in [0.2, 0.25) is 0 Å². The van der Waals surface area contributed by atoms with Crippen molar-refractivity contribution >= 4 is 5.91 Å². The Morgan fingerprint density at radius 1 is 1.00 bits per heavy atom. The largest absolute Gasteiger partial charge is 0.378 e. The molecule has 2 aliphatic heterocycles. The second-order valence-corrected chi connectivity index (χ2v) is 9.09. The fourth-order valence-electron chi connectivity index (χ4n) is 4.81. The smallest absolute Gasteiger partial charge is 0.225 e. The molecule has 0 unspecified atom stereocenters. The van der Waals surface area contributed by atoms with Crippen molar-refractivity contribution < 1.29 is 9.53 Å². The molecule has 0 bridgehead atoms. The Bertz CT molecular complexity index is 448. The molecule has 3 aliphatic rings. The number of piperazine rings is 1. The number of ether oxygens (including phenoxy) is 1. The van der Waals surface area contributed by atoms with Crippen molar-refractivity contribution in [3.8, 4) is 0 Å². The third-order valence-electron chi connectivity index (χ3n) is 6.91. The van der Waals surface area contributed by atoms with Crippen molar-refractivity contribution in [1.29, 1.82) is 0 Å². The van der Waals surface area contributed by atoms with Gasteiger partial charge in [0.15, 0.2) is 0 Å². The standard InChI is InChI=1S/C22H41N3O2/c1-4-5-6-15-27-21-7-9-24(10-8-21)20-16-19(17-20)22(26)25-13-11-23(12-14-25)18(2)3/h18-21H,4-17H2,1-3H3. The zero-order valence-electron chi connectivity index (χ0n) is 17.9. The van der Waals surface area contributed by atoms with E-state index in [0.717, 1.165) is 58.7 Å². The van der Waals surface area contributed by atoms with Crippen molar-refractivity contribution in [2.24, 2.45) is 5.92 Å². The monoisotopic (exact) mass is 379 g/mol. The fourth-order valence-corrected chi connectivity index (χ4v) is 4.81. The molecule has 27 heavy (non-hydrogen) atoms. The minimum atomic E-state index is 0.281. The van der Waals surface area contributed by atoms with Crippen LogP contribution >= 0.6 is 0 Å². The van der Waals surface area contributed by atoms with Gasteiger partial charge in [-0.15, -0.1) is 0 Å². The van der Waals surface area contributed by atoms with E-state index in [1.165, 1.54) is 32.1 Å². The normalized spacial score (nSPS) is 28.5. The first-order chi connectivity index (χ1) is 13.1. The maximum Gasteiger partial charge on any atom is 0.225 e. The van der Waals surface area contributed by atoms with Crippen LogP contribution in [0.15, 0.2) is 0 Å². The molecule has 0 radical (unpaired) electrons. The van der Waals surface area contributed by atoms with E-state index in [1.54, 1.807) is 0 Å². The van der Waals surface area contributed by atoms with Gasteiger partial charge in [0.1, 0.15) is 0 Å². The number of nitrogens with zero attached hydrogens (tertiary/aromatic N) is 3. The summed E-state index contributed by atoms with van der Waals surface area (Å²) < 4.78 is 6.04. The van der Waals surface area contributed by atoms with Gasteiger partial charge in [-0.25, -0.2) is 0 Å².